The Kier molecular flexibility index (Phi) is 9.87. The maximum Gasteiger partial charge on any atom is 0.412 e. The number of phenolic OH excluding ortho intramolecular Hbond substituents is 1. The van der Waals surface area contributed by atoms with Crippen LogP contribution in [-0.2, 0) is 14.3 Å². The summed E-state index contributed by atoms with van der Waals surface area (Å²) in [4.78, 5) is 24.9. The van der Waals surface area contributed by atoms with E-state index in [2.05, 4.69) is 33.9 Å². The smallest absolute Gasteiger partial charge is 0.412 e. The number of ether oxygens (including phenoxy) is 2. The Morgan fingerprint density at radius 1 is 1.23 bits per heavy atom. The molecule has 0 heterocycles. The Morgan fingerprint density at radius 3 is 2.57 bits per heavy atom. The van der Waals surface area contributed by atoms with Crippen LogP contribution in [0.4, 0.5) is 10.5 Å². The van der Waals surface area contributed by atoms with Gasteiger partial charge < -0.3 is 14.6 Å². The zero-order chi connectivity index (χ0) is 22.1. The number of phenols is 1. The van der Waals surface area contributed by atoms with Crippen molar-refractivity contribution in [3.63, 3.8) is 0 Å². The Hall–Kier alpha value is -1.84. The predicted molar refractivity (Wildman–Crippen MR) is 125 cm³/mol. The van der Waals surface area contributed by atoms with E-state index in [1.54, 1.807) is 36.0 Å². The van der Waals surface area contributed by atoms with Gasteiger partial charge in [-0.2, -0.15) is 12.6 Å². The van der Waals surface area contributed by atoms with Gasteiger partial charge in [-0.05, 0) is 55.1 Å². The first kappa shape index (κ1) is 24.4. The summed E-state index contributed by atoms with van der Waals surface area (Å²) in [6.45, 7) is 2.02. The summed E-state index contributed by atoms with van der Waals surface area (Å²) >= 11 is 8.86. The first-order chi connectivity index (χ1) is 14.3. The molecule has 2 atom stereocenters. The molecule has 0 aromatic heterocycles. The van der Waals surface area contributed by atoms with Gasteiger partial charge in [0.2, 0.25) is 0 Å². The summed E-state index contributed by atoms with van der Waals surface area (Å²) in [7, 11) is 0. The largest absolute Gasteiger partial charge is 0.508 e. The quantitative estimate of drug-likeness (QED) is 0.227. The molecule has 0 radical (unpaired) electrons. The molecule has 0 unspecified atom stereocenters. The third-order valence-electron chi connectivity index (χ3n) is 4.35. The lowest BCUT2D eigenvalue weighted by atomic mass is 9.94. The summed E-state index contributed by atoms with van der Waals surface area (Å²) in [5.41, 5.74) is 1.07. The van der Waals surface area contributed by atoms with E-state index in [-0.39, 0.29) is 24.0 Å². The number of amides is 1. The zero-order valence-electron chi connectivity index (χ0n) is 16.6. The van der Waals surface area contributed by atoms with E-state index >= 15 is 0 Å². The molecule has 0 saturated heterocycles. The normalized spacial score (nSPS) is 12.7. The lowest BCUT2D eigenvalue weighted by Crippen LogP contribution is -2.23. The Labute approximate surface area is 194 Å². The van der Waals surface area contributed by atoms with Crippen molar-refractivity contribution >= 4 is 58.1 Å². The number of rotatable bonds is 9. The number of carbonyl (C=O) groups excluding carboxylic acids is 2. The van der Waals surface area contributed by atoms with Crippen molar-refractivity contribution in [2.75, 3.05) is 23.9 Å². The molecule has 0 bridgehead atoms. The number of anilines is 1. The van der Waals surface area contributed by atoms with Gasteiger partial charge >= 0.3 is 12.1 Å². The monoisotopic (exact) mass is 513 g/mol. The van der Waals surface area contributed by atoms with E-state index in [0.717, 1.165) is 9.37 Å². The fourth-order valence-electron chi connectivity index (χ4n) is 2.73. The standard InChI is InChI=1S/C21H24BrNO5S2/c1-13(9-10-27-19(25)12-29)20(17-11-14(22)3-8-18(17)24)28-21(26)23-15-4-6-16(30-2)7-5-15/h3-8,11,13,20,24,29H,9-10,12H2,1-2H3,(H,23,26)/t13-,20+/m0/s1. The van der Waals surface area contributed by atoms with Crippen molar-refractivity contribution in [2.45, 2.75) is 24.3 Å². The minimum absolute atomic E-state index is 0.00152. The summed E-state index contributed by atoms with van der Waals surface area (Å²) < 4.78 is 11.5. The summed E-state index contributed by atoms with van der Waals surface area (Å²) in [6.07, 6.45) is 1.02. The molecular formula is C21H24BrNO5S2. The first-order valence-electron chi connectivity index (χ1n) is 9.20. The molecule has 0 fully saturated rings. The van der Waals surface area contributed by atoms with Gasteiger partial charge in [0.25, 0.3) is 0 Å². The number of carbonyl (C=O) groups is 2. The highest BCUT2D eigenvalue weighted by Crippen LogP contribution is 2.36. The van der Waals surface area contributed by atoms with E-state index in [4.69, 9.17) is 9.47 Å². The lowest BCUT2D eigenvalue weighted by molar-refractivity contribution is -0.141. The number of aromatic hydroxyl groups is 1. The van der Waals surface area contributed by atoms with Crippen LogP contribution < -0.4 is 5.32 Å². The molecular weight excluding hydrogens is 490 g/mol. The van der Waals surface area contributed by atoms with Crippen LogP contribution in [0, 0.1) is 5.92 Å². The van der Waals surface area contributed by atoms with E-state index in [0.29, 0.717) is 17.7 Å². The van der Waals surface area contributed by atoms with Crippen LogP contribution >= 0.6 is 40.3 Å². The third kappa shape index (κ3) is 7.45. The second kappa shape index (κ2) is 12.1. The molecule has 0 aliphatic heterocycles. The van der Waals surface area contributed by atoms with Crippen molar-refractivity contribution in [1.82, 2.24) is 0 Å². The van der Waals surface area contributed by atoms with Crippen molar-refractivity contribution in [1.29, 1.82) is 0 Å². The Balaban J connectivity index is 2.14. The van der Waals surface area contributed by atoms with Crippen molar-refractivity contribution in [2.24, 2.45) is 5.92 Å². The number of nitrogens with one attached hydrogen (secondary N) is 1. The fourth-order valence-corrected chi connectivity index (χ4v) is 3.61. The number of halogens is 1. The average molecular weight is 514 g/mol. The molecule has 2 N–H and O–H groups in total. The number of hydrogen-bond acceptors (Lipinski definition) is 7. The number of thioether (sulfide) groups is 1. The molecule has 162 valence electrons. The van der Waals surface area contributed by atoms with Crippen LogP contribution in [-0.4, -0.2) is 35.8 Å². The lowest BCUT2D eigenvalue weighted by Gasteiger charge is -2.25. The van der Waals surface area contributed by atoms with E-state index in [1.165, 1.54) is 6.07 Å². The molecule has 2 rings (SSSR count). The number of thiol groups is 1. The van der Waals surface area contributed by atoms with Gasteiger partial charge in [0.1, 0.15) is 11.9 Å². The molecule has 1 amide bonds. The zero-order valence-corrected chi connectivity index (χ0v) is 19.9. The van der Waals surface area contributed by atoms with Crippen LogP contribution in [0.15, 0.2) is 51.8 Å². The SMILES string of the molecule is CSc1ccc(NC(=O)O[C@@H](c2cc(Br)ccc2O)[C@@H](C)CCOC(=O)CS)cc1. The highest BCUT2D eigenvalue weighted by atomic mass is 79.9. The van der Waals surface area contributed by atoms with Crippen LogP contribution in [0.5, 0.6) is 5.75 Å². The minimum atomic E-state index is -0.748. The van der Waals surface area contributed by atoms with Gasteiger partial charge in [0, 0.05) is 26.5 Å². The molecule has 0 spiro atoms. The van der Waals surface area contributed by atoms with Gasteiger partial charge in [0.05, 0.1) is 12.4 Å². The first-order valence-corrected chi connectivity index (χ1v) is 11.9. The highest BCUT2D eigenvalue weighted by molar-refractivity contribution is 9.10. The molecule has 9 heteroatoms. The van der Waals surface area contributed by atoms with Gasteiger partial charge in [-0.15, -0.1) is 11.8 Å². The molecule has 2 aromatic carbocycles. The number of benzene rings is 2. The molecule has 0 aliphatic rings. The number of hydrogen-bond donors (Lipinski definition) is 3. The third-order valence-corrected chi connectivity index (χ3v) is 5.84. The van der Waals surface area contributed by atoms with Crippen LogP contribution in [0.2, 0.25) is 0 Å². The molecule has 6 nitrogen and oxygen atoms in total. The van der Waals surface area contributed by atoms with Crippen molar-refractivity contribution in [3.8, 4) is 5.75 Å². The van der Waals surface area contributed by atoms with E-state index in [9.17, 15) is 14.7 Å². The Morgan fingerprint density at radius 2 is 1.93 bits per heavy atom. The maximum atomic E-state index is 12.6. The second-order valence-electron chi connectivity index (χ2n) is 6.53. The van der Waals surface area contributed by atoms with Crippen LogP contribution in [0.1, 0.15) is 25.0 Å². The van der Waals surface area contributed by atoms with Crippen molar-refractivity contribution < 1.29 is 24.2 Å². The van der Waals surface area contributed by atoms with Gasteiger partial charge in [-0.3, -0.25) is 10.1 Å². The minimum Gasteiger partial charge on any atom is -0.508 e. The van der Waals surface area contributed by atoms with Crippen molar-refractivity contribution in [3.05, 3.63) is 52.5 Å². The fraction of sp³-hybridized carbons (Fsp3) is 0.333. The topological polar surface area (TPSA) is 84.9 Å². The predicted octanol–water partition coefficient (Wildman–Crippen LogP) is 5.67. The van der Waals surface area contributed by atoms with E-state index in [1.807, 2.05) is 25.3 Å². The molecule has 0 aliphatic carbocycles. The summed E-state index contributed by atoms with van der Waals surface area (Å²) in [5, 5.41) is 13.0. The van der Waals surface area contributed by atoms with Gasteiger partial charge in [-0.1, -0.05) is 22.9 Å². The highest BCUT2D eigenvalue weighted by Gasteiger charge is 2.27. The summed E-state index contributed by atoms with van der Waals surface area (Å²) in [6, 6.07) is 12.3. The summed E-state index contributed by atoms with van der Waals surface area (Å²) in [5.74, 6) is -0.639. The average Bonchev–Trinajstić information content (AvgIpc) is 2.74. The van der Waals surface area contributed by atoms with E-state index < -0.39 is 18.2 Å². The molecule has 0 saturated carbocycles. The molecule has 30 heavy (non-hydrogen) atoms. The van der Waals surface area contributed by atoms with Gasteiger partial charge in [0.15, 0.2) is 0 Å². The number of esters is 1. The molecule has 2 aromatic rings. The Bertz CT molecular complexity index is 863. The van der Waals surface area contributed by atoms with Crippen LogP contribution in [0.25, 0.3) is 0 Å². The second-order valence-corrected chi connectivity index (χ2v) is 8.64. The van der Waals surface area contributed by atoms with Gasteiger partial charge in [-0.25, -0.2) is 4.79 Å². The maximum absolute atomic E-state index is 12.6. The van der Waals surface area contributed by atoms with Crippen LogP contribution in [0.3, 0.4) is 0 Å².